The van der Waals surface area contributed by atoms with E-state index in [9.17, 15) is 4.79 Å². The van der Waals surface area contributed by atoms with Crippen LogP contribution in [0.15, 0.2) is 24.3 Å². The van der Waals surface area contributed by atoms with Crippen molar-refractivity contribution >= 4 is 11.6 Å². The second-order valence-corrected chi connectivity index (χ2v) is 5.59. The zero-order chi connectivity index (χ0) is 14.4. The molecule has 0 spiro atoms. The molecule has 1 amide bonds. The summed E-state index contributed by atoms with van der Waals surface area (Å²) in [6.45, 7) is 7.62. The summed E-state index contributed by atoms with van der Waals surface area (Å²) in [7, 11) is 0. The molecular formula is C16H25N3O. The van der Waals surface area contributed by atoms with Crippen LogP contribution >= 0.6 is 0 Å². The van der Waals surface area contributed by atoms with Crippen LogP contribution in [0, 0.1) is 0 Å². The molecule has 1 saturated heterocycles. The summed E-state index contributed by atoms with van der Waals surface area (Å²) in [5.74, 6) is 0.0716. The average Bonchev–Trinajstić information content (AvgIpc) is 2.41. The molecule has 1 atom stereocenters. The summed E-state index contributed by atoms with van der Waals surface area (Å²) < 4.78 is 0. The Morgan fingerprint density at radius 3 is 2.80 bits per heavy atom. The first-order valence-corrected chi connectivity index (χ1v) is 7.52. The lowest BCUT2D eigenvalue weighted by molar-refractivity contribution is -0.117. The van der Waals surface area contributed by atoms with Gasteiger partial charge in [0.2, 0.25) is 5.91 Å². The number of piperazine rings is 1. The summed E-state index contributed by atoms with van der Waals surface area (Å²) >= 11 is 0. The van der Waals surface area contributed by atoms with E-state index in [0.29, 0.717) is 12.6 Å². The fraction of sp³-hybridized carbons (Fsp3) is 0.562. The molecule has 0 bridgehead atoms. The standard InChI is InChI=1S/C16H25N3O/c1-3-4-14-5-7-15(8-6-14)18-16(20)12-19-10-9-17-13(2)11-19/h5-8,13,17H,3-4,9-12H2,1-2H3,(H,18,20)/t13-/m0/s1. The number of carbonyl (C=O) groups is 1. The van der Waals surface area contributed by atoms with E-state index in [0.717, 1.165) is 38.2 Å². The van der Waals surface area contributed by atoms with Crippen molar-refractivity contribution in [2.24, 2.45) is 0 Å². The van der Waals surface area contributed by atoms with Crippen LogP contribution in [0.5, 0.6) is 0 Å². The van der Waals surface area contributed by atoms with Crippen LogP contribution in [0.25, 0.3) is 0 Å². The van der Waals surface area contributed by atoms with Gasteiger partial charge in [-0.05, 0) is 31.0 Å². The normalized spacial score (nSPS) is 19.8. The van der Waals surface area contributed by atoms with Gasteiger partial charge in [-0.2, -0.15) is 0 Å². The smallest absolute Gasteiger partial charge is 0.238 e. The highest BCUT2D eigenvalue weighted by Gasteiger charge is 2.17. The van der Waals surface area contributed by atoms with Crippen molar-refractivity contribution in [2.45, 2.75) is 32.7 Å². The Hall–Kier alpha value is -1.39. The minimum atomic E-state index is 0.0716. The fourth-order valence-electron chi connectivity index (χ4n) is 2.60. The number of nitrogens with zero attached hydrogens (tertiary/aromatic N) is 1. The van der Waals surface area contributed by atoms with Gasteiger partial charge in [0.25, 0.3) is 0 Å². The van der Waals surface area contributed by atoms with E-state index < -0.39 is 0 Å². The van der Waals surface area contributed by atoms with Crippen LogP contribution in [-0.4, -0.2) is 43.0 Å². The Bertz CT molecular complexity index is 430. The molecule has 20 heavy (non-hydrogen) atoms. The first kappa shape index (κ1) is 15.0. The van der Waals surface area contributed by atoms with Gasteiger partial charge in [-0.3, -0.25) is 9.69 Å². The van der Waals surface area contributed by atoms with Crippen LogP contribution in [0.1, 0.15) is 25.8 Å². The number of hydrogen-bond donors (Lipinski definition) is 2. The first-order chi connectivity index (χ1) is 9.67. The average molecular weight is 275 g/mol. The van der Waals surface area contributed by atoms with Crippen LogP contribution in [-0.2, 0) is 11.2 Å². The highest BCUT2D eigenvalue weighted by Crippen LogP contribution is 2.11. The maximum absolute atomic E-state index is 12.0. The summed E-state index contributed by atoms with van der Waals surface area (Å²) in [5.41, 5.74) is 2.21. The first-order valence-electron chi connectivity index (χ1n) is 7.52. The molecule has 1 aliphatic rings. The molecule has 2 rings (SSSR count). The monoisotopic (exact) mass is 275 g/mol. The largest absolute Gasteiger partial charge is 0.325 e. The Kier molecular flexibility index (Phi) is 5.56. The van der Waals surface area contributed by atoms with E-state index >= 15 is 0 Å². The summed E-state index contributed by atoms with van der Waals surface area (Å²) in [5, 5.41) is 6.35. The van der Waals surface area contributed by atoms with Crippen molar-refractivity contribution in [3.8, 4) is 0 Å². The molecule has 1 heterocycles. The fourth-order valence-corrected chi connectivity index (χ4v) is 2.60. The SMILES string of the molecule is CCCc1ccc(NC(=O)CN2CCN[C@@H](C)C2)cc1. The highest BCUT2D eigenvalue weighted by molar-refractivity contribution is 5.92. The molecule has 1 aliphatic heterocycles. The predicted molar refractivity (Wildman–Crippen MR) is 83.0 cm³/mol. The summed E-state index contributed by atoms with van der Waals surface area (Å²) in [4.78, 5) is 14.2. The van der Waals surface area contributed by atoms with Crippen molar-refractivity contribution in [2.75, 3.05) is 31.5 Å². The lowest BCUT2D eigenvalue weighted by atomic mass is 10.1. The molecule has 0 radical (unpaired) electrons. The minimum absolute atomic E-state index is 0.0716. The van der Waals surface area contributed by atoms with Gasteiger partial charge in [0, 0.05) is 31.4 Å². The molecule has 4 nitrogen and oxygen atoms in total. The number of aryl methyl sites for hydroxylation is 1. The minimum Gasteiger partial charge on any atom is -0.325 e. The molecule has 0 aliphatic carbocycles. The maximum atomic E-state index is 12.0. The van der Waals surface area contributed by atoms with Crippen LogP contribution in [0.4, 0.5) is 5.69 Å². The van der Waals surface area contributed by atoms with E-state index in [1.165, 1.54) is 5.56 Å². The van der Waals surface area contributed by atoms with Gasteiger partial charge in [0.05, 0.1) is 6.54 Å². The number of hydrogen-bond acceptors (Lipinski definition) is 3. The summed E-state index contributed by atoms with van der Waals surface area (Å²) in [6.07, 6.45) is 2.24. The number of rotatable bonds is 5. The lowest BCUT2D eigenvalue weighted by Gasteiger charge is -2.31. The second kappa shape index (κ2) is 7.41. The third kappa shape index (κ3) is 4.62. The van der Waals surface area contributed by atoms with E-state index in [-0.39, 0.29) is 5.91 Å². The van der Waals surface area contributed by atoms with Crippen molar-refractivity contribution in [1.82, 2.24) is 10.2 Å². The number of carbonyl (C=O) groups excluding carboxylic acids is 1. The number of nitrogens with one attached hydrogen (secondary N) is 2. The van der Waals surface area contributed by atoms with Crippen molar-refractivity contribution < 1.29 is 4.79 Å². The summed E-state index contributed by atoms with van der Waals surface area (Å²) in [6, 6.07) is 8.62. The Balaban J connectivity index is 1.81. The predicted octanol–water partition coefficient (Wildman–Crippen LogP) is 1.87. The van der Waals surface area contributed by atoms with E-state index in [4.69, 9.17) is 0 Å². The van der Waals surface area contributed by atoms with Gasteiger partial charge in [0.1, 0.15) is 0 Å². The molecule has 0 aromatic heterocycles. The zero-order valence-corrected chi connectivity index (χ0v) is 12.5. The second-order valence-electron chi connectivity index (χ2n) is 5.59. The Morgan fingerprint density at radius 2 is 2.15 bits per heavy atom. The highest BCUT2D eigenvalue weighted by atomic mass is 16.2. The van der Waals surface area contributed by atoms with Crippen LogP contribution < -0.4 is 10.6 Å². The molecular weight excluding hydrogens is 250 g/mol. The molecule has 110 valence electrons. The van der Waals surface area contributed by atoms with Crippen molar-refractivity contribution in [3.63, 3.8) is 0 Å². The van der Waals surface area contributed by atoms with Crippen LogP contribution in [0.3, 0.4) is 0 Å². The van der Waals surface area contributed by atoms with Gasteiger partial charge in [-0.25, -0.2) is 0 Å². The van der Waals surface area contributed by atoms with Crippen LogP contribution in [0.2, 0.25) is 0 Å². The molecule has 1 fully saturated rings. The number of amides is 1. The molecule has 1 aromatic rings. The molecule has 2 N–H and O–H groups in total. The van der Waals surface area contributed by atoms with Gasteiger partial charge < -0.3 is 10.6 Å². The van der Waals surface area contributed by atoms with Crippen molar-refractivity contribution in [3.05, 3.63) is 29.8 Å². The number of anilines is 1. The van der Waals surface area contributed by atoms with E-state index in [2.05, 4.69) is 41.5 Å². The maximum Gasteiger partial charge on any atom is 0.238 e. The molecule has 4 heteroatoms. The molecule has 0 saturated carbocycles. The third-order valence-electron chi connectivity index (χ3n) is 3.60. The molecule has 0 unspecified atom stereocenters. The Morgan fingerprint density at radius 1 is 1.40 bits per heavy atom. The topological polar surface area (TPSA) is 44.4 Å². The molecule has 1 aromatic carbocycles. The van der Waals surface area contributed by atoms with Gasteiger partial charge in [-0.1, -0.05) is 25.5 Å². The number of benzene rings is 1. The third-order valence-corrected chi connectivity index (χ3v) is 3.60. The Labute approximate surface area is 121 Å². The van der Waals surface area contributed by atoms with Crippen molar-refractivity contribution in [1.29, 1.82) is 0 Å². The van der Waals surface area contributed by atoms with Gasteiger partial charge in [-0.15, -0.1) is 0 Å². The van der Waals surface area contributed by atoms with E-state index in [1.54, 1.807) is 0 Å². The van der Waals surface area contributed by atoms with Gasteiger partial charge in [0.15, 0.2) is 0 Å². The quantitative estimate of drug-likeness (QED) is 0.862. The lowest BCUT2D eigenvalue weighted by Crippen LogP contribution is -2.51. The van der Waals surface area contributed by atoms with E-state index in [1.807, 2.05) is 12.1 Å². The zero-order valence-electron chi connectivity index (χ0n) is 12.5. The van der Waals surface area contributed by atoms with Gasteiger partial charge >= 0.3 is 0 Å².